The number of hydrogen-bond acceptors (Lipinski definition) is 6. The molecule has 0 saturated carbocycles. The van der Waals surface area contributed by atoms with Crippen molar-refractivity contribution in [2.45, 2.75) is 25.7 Å². The van der Waals surface area contributed by atoms with Gasteiger partial charge in [0.05, 0.1) is 11.9 Å². The highest BCUT2D eigenvalue weighted by Crippen LogP contribution is 2.26. The molecule has 116 valence electrons. The van der Waals surface area contributed by atoms with Gasteiger partial charge in [-0.25, -0.2) is 13.4 Å². The normalized spacial score (nSPS) is 20.3. The maximum Gasteiger partial charge on any atom is 0.227 e. The van der Waals surface area contributed by atoms with Crippen molar-refractivity contribution in [3.05, 3.63) is 11.3 Å². The van der Waals surface area contributed by atoms with Crippen molar-refractivity contribution in [3.63, 3.8) is 0 Å². The minimum atomic E-state index is -3.11. The molecule has 8 heteroatoms. The first-order valence-corrected chi connectivity index (χ1v) is 9.15. The molecule has 7 nitrogen and oxygen atoms in total. The summed E-state index contributed by atoms with van der Waals surface area (Å²) in [5.41, 5.74) is 8.22. The molecular weight excluding hydrogens is 290 g/mol. The van der Waals surface area contributed by atoms with E-state index in [2.05, 4.69) is 9.97 Å². The Hall–Kier alpha value is -1.41. The van der Waals surface area contributed by atoms with E-state index in [1.807, 2.05) is 4.90 Å². The van der Waals surface area contributed by atoms with Crippen LogP contribution in [0.5, 0.6) is 0 Å². The molecule has 2 heterocycles. The quantitative estimate of drug-likeness (QED) is 0.828. The Morgan fingerprint density at radius 1 is 1.05 bits per heavy atom. The topological polar surface area (TPSA) is 92.4 Å². The third-order valence-corrected chi connectivity index (χ3v) is 5.50. The Morgan fingerprint density at radius 3 is 2.38 bits per heavy atom. The fourth-order valence-corrected chi connectivity index (χ4v) is 3.80. The van der Waals surface area contributed by atoms with Gasteiger partial charge in [0.15, 0.2) is 0 Å². The number of anilines is 2. The summed E-state index contributed by atoms with van der Waals surface area (Å²) in [6, 6.07) is 0. The zero-order chi connectivity index (χ0) is 15.0. The second-order valence-corrected chi connectivity index (χ2v) is 7.67. The molecule has 1 saturated heterocycles. The van der Waals surface area contributed by atoms with Crippen LogP contribution in [0.15, 0.2) is 0 Å². The number of fused-ring (bicyclic) bond motifs is 1. The minimum Gasteiger partial charge on any atom is -0.383 e. The molecule has 0 amide bonds. The van der Waals surface area contributed by atoms with Gasteiger partial charge in [0.2, 0.25) is 16.0 Å². The van der Waals surface area contributed by atoms with E-state index in [0.717, 1.165) is 36.9 Å². The second kappa shape index (κ2) is 5.42. The van der Waals surface area contributed by atoms with Crippen LogP contribution in [0.2, 0.25) is 0 Å². The molecular formula is C13H21N5O2S. The fraction of sp³-hybridized carbons (Fsp3) is 0.692. The maximum absolute atomic E-state index is 11.5. The monoisotopic (exact) mass is 311 g/mol. The third-order valence-electron chi connectivity index (χ3n) is 4.19. The number of nitrogens with two attached hydrogens (primary N) is 1. The average Bonchev–Trinajstić information content (AvgIpc) is 2.46. The van der Waals surface area contributed by atoms with Crippen molar-refractivity contribution in [3.8, 4) is 0 Å². The lowest BCUT2D eigenvalue weighted by Crippen LogP contribution is -2.49. The minimum absolute atomic E-state index is 0.471. The van der Waals surface area contributed by atoms with Crippen LogP contribution in [0.25, 0.3) is 0 Å². The zero-order valence-corrected chi connectivity index (χ0v) is 13.1. The number of hydrogen-bond donors (Lipinski definition) is 1. The lowest BCUT2D eigenvalue weighted by atomic mass is 9.96. The van der Waals surface area contributed by atoms with Crippen molar-refractivity contribution in [1.82, 2.24) is 14.3 Å². The van der Waals surface area contributed by atoms with Crippen LogP contribution in [0.3, 0.4) is 0 Å². The molecule has 0 bridgehead atoms. The smallest absolute Gasteiger partial charge is 0.227 e. The summed E-state index contributed by atoms with van der Waals surface area (Å²) >= 11 is 0. The molecule has 21 heavy (non-hydrogen) atoms. The van der Waals surface area contributed by atoms with Gasteiger partial charge in [-0.1, -0.05) is 0 Å². The standard InChI is InChI=1S/C13H21N5O2S/c1-21(19,20)18-8-6-17(7-9-18)13-15-11-5-3-2-4-10(11)12(14)16-13/h2-9H2,1H3,(H2,14,15,16). The Labute approximate surface area is 125 Å². The molecule has 2 aliphatic rings. The predicted octanol–water partition coefficient (Wildman–Crippen LogP) is 0.0192. The summed E-state index contributed by atoms with van der Waals surface area (Å²) in [4.78, 5) is 11.1. The van der Waals surface area contributed by atoms with Gasteiger partial charge >= 0.3 is 0 Å². The molecule has 1 aliphatic carbocycles. The van der Waals surface area contributed by atoms with Gasteiger partial charge in [-0.15, -0.1) is 0 Å². The molecule has 0 aromatic carbocycles. The van der Waals surface area contributed by atoms with Crippen LogP contribution in [-0.2, 0) is 22.9 Å². The SMILES string of the molecule is CS(=O)(=O)N1CCN(c2nc(N)c3c(n2)CCCC3)CC1. The predicted molar refractivity (Wildman–Crippen MR) is 81.7 cm³/mol. The molecule has 3 rings (SSSR count). The first-order chi connectivity index (χ1) is 9.95. The van der Waals surface area contributed by atoms with Gasteiger partial charge < -0.3 is 10.6 Å². The van der Waals surface area contributed by atoms with E-state index in [1.54, 1.807) is 0 Å². The van der Waals surface area contributed by atoms with Gasteiger partial charge in [0.25, 0.3) is 0 Å². The van der Waals surface area contributed by atoms with E-state index in [0.29, 0.717) is 37.9 Å². The van der Waals surface area contributed by atoms with Crippen molar-refractivity contribution < 1.29 is 8.42 Å². The Kier molecular flexibility index (Phi) is 3.75. The molecule has 1 aliphatic heterocycles. The number of piperazine rings is 1. The summed E-state index contributed by atoms with van der Waals surface area (Å²) in [5, 5.41) is 0. The van der Waals surface area contributed by atoms with Crippen molar-refractivity contribution in [2.75, 3.05) is 43.1 Å². The molecule has 0 atom stereocenters. The van der Waals surface area contributed by atoms with Gasteiger partial charge in [-0.3, -0.25) is 0 Å². The summed E-state index contributed by atoms with van der Waals surface area (Å²) < 4.78 is 24.6. The number of sulfonamides is 1. The van der Waals surface area contributed by atoms with Crippen molar-refractivity contribution >= 4 is 21.8 Å². The number of aryl methyl sites for hydroxylation is 1. The number of rotatable bonds is 2. The maximum atomic E-state index is 11.5. The molecule has 1 fully saturated rings. The van der Waals surface area contributed by atoms with Crippen LogP contribution in [0, 0.1) is 0 Å². The van der Waals surface area contributed by atoms with Crippen molar-refractivity contribution in [1.29, 1.82) is 0 Å². The van der Waals surface area contributed by atoms with Crippen LogP contribution in [0.1, 0.15) is 24.1 Å². The summed E-state index contributed by atoms with van der Waals surface area (Å²) in [5.74, 6) is 1.22. The fourth-order valence-electron chi connectivity index (χ4n) is 2.97. The number of nitrogens with zero attached hydrogens (tertiary/aromatic N) is 4. The van der Waals surface area contributed by atoms with E-state index in [9.17, 15) is 8.42 Å². The molecule has 0 spiro atoms. The second-order valence-electron chi connectivity index (χ2n) is 5.69. The summed E-state index contributed by atoms with van der Waals surface area (Å²) in [6.07, 6.45) is 5.45. The van der Waals surface area contributed by atoms with Gasteiger partial charge in [-0.2, -0.15) is 9.29 Å². The van der Waals surface area contributed by atoms with Crippen LogP contribution in [-0.4, -0.2) is 55.1 Å². The number of aromatic nitrogens is 2. The molecule has 0 unspecified atom stereocenters. The van der Waals surface area contributed by atoms with Crippen LogP contribution < -0.4 is 10.6 Å². The van der Waals surface area contributed by atoms with E-state index >= 15 is 0 Å². The lowest BCUT2D eigenvalue weighted by Gasteiger charge is -2.33. The molecule has 0 radical (unpaired) electrons. The van der Waals surface area contributed by atoms with Gasteiger partial charge in [0.1, 0.15) is 5.82 Å². The Bertz CT molecular complexity index is 638. The van der Waals surface area contributed by atoms with E-state index in [4.69, 9.17) is 5.73 Å². The number of nitrogen functional groups attached to an aromatic ring is 1. The Balaban J connectivity index is 1.78. The highest BCUT2D eigenvalue weighted by molar-refractivity contribution is 7.88. The average molecular weight is 311 g/mol. The molecule has 2 N–H and O–H groups in total. The van der Waals surface area contributed by atoms with Crippen molar-refractivity contribution in [2.24, 2.45) is 0 Å². The first-order valence-electron chi connectivity index (χ1n) is 7.30. The largest absolute Gasteiger partial charge is 0.383 e. The zero-order valence-electron chi connectivity index (χ0n) is 12.2. The molecule has 1 aromatic heterocycles. The highest BCUT2D eigenvalue weighted by Gasteiger charge is 2.26. The highest BCUT2D eigenvalue weighted by atomic mass is 32.2. The first kappa shape index (κ1) is 14.5. The van der Waals surface area contributed by atoms with Gasteiger partial charge in [-0.05, 0) is 25.7 Å². The third kappa shape index (κ3) is 2.96. The molecule has 1 aromatic rings. The Morgan fingerprint density at radius 2 is 1.71 bits per heavy atom. The summed E-state index contributed by atoms with van der Waals surface area (Å²) in [6.45, 7) is 2.15. The lowest BCUT2D eigenvalue weighted by molar-refractivity contribution is 0.385. The summed E-state index contributed by atoms with van der Waals surface area (Å²) in [7, 11) is -3.11. The van der Waals surface area contributed by atoms with Crippen LogP contribution >= 0.6 is 0 Å². The van der Waals surface area contributed by atoms with E-state index in [-0.39, 0.29) is 0 Å². The van der Waals surface area contributed by atoms with Crippen LogP contribution in [0.4, 0.5) is 11.8 Å². The van der Waals surface area contributed by atoms with E-state index in [1.165, 1.54) is 10.6 Å². The van der Waals surface area contributed by atoms with Gasteiger partial charge in [0, 0.05) is 31.7 Å². The van der Waals surface area contributed by atoms with E-state index < -0.39 is 10.0 Å².